The predicted octanol–water partition coefficient (Wildman–Crippen LogP) is 0.0314. The lowest BCUT2D eigenvalue weighted by atomic mass is 10.3. The number of halogens is 2. The van der Waals surface area contributed by atoms with E-state index in [-0.39, 0.29) is 13.1 Å². The Morgan fingerprint density at radius 2 is 1.88 bits per heavy atom. The molecule has 1 aromatic rings. The molecule has 1 heterocycles. The van der Waals surface area contributed by atoms with E-state index in [4.69, 9.17) is 0 Å². The quantitative estimate of drug-likeness (QED) is 0.694. The topological polar surface area (TPSA) is 78.0 Å². The van der Waals surface area contributed by atoms with Crippen LogP contribution in [0.3, 0.4) is 0 Å². The van der Waals surface area contributed by atoms with E-state index in [9.17, 15) is 26.8 Å². The van der Waals surface area contributed by atoms with Crippen LogP contribution >= 0.6 is 0 Å². The molecular weight excluding hydrogens is 344 g/mol. The van der Waals surface area contributed by atoms with Crippen LogP contribution in [-0.4, -0.2) is 69.5 Å². The lowest BCUT2D eigenvalue weighted by molar-refractivity contribution is -0.133. The van der Waals surface area contributed by atoms with Gasteiger partial charge in [0.15, 0.2) is 0 Å². The largest absolute Gasteiger partial charge is 0.342 e. The number of hydrogen-bond acceptors (Lipinski definition) is 4. The molecule has 0 unspecified atom stereocenters. The van der Waals surface area contributed by atoms with Gasteiger partial charge in [-0.05, 0) is 12.1 Å². The maximum absolute atomic E-state index is 13.9. The van der Waals surface area contributed by atoms with Crippen molar-refractivity contribution < 1.29 is 26.8 Å². The van der Waals surface area contributed by atoms with Gasteiger partial charge < -0.3 is 9.80 Å². The molecule has 0 saturated carbocycles. The number of hydrogen-bond donors (Lipinski definition) is 0. The Morgan fingerprint density at radius 1 is 1.25 bits per heavy atom. The van der Waals surface area contributed by atoms with Crippen LogP contribution in [0.2, 0.25) is 0 Å². The number of benzene rings is 1. The van der Waals surface area contributed by atoms with E-state index >= 15 is 0 Å². The van der Waals surface area contributed by atoms with Gasteiger partial charge in [0.2, 0.25) is 22.3 Å². The standard InChI is InChI=1S/C14H17F2N3O4S/c1-24(22,23)19(13-3-2-11(15)8-12(13)16)9-14(21)18-6-4-17(10-20)5-7-18/h2-3,8,10H,4-7,9H2,1H3. The molecule has 2 rings (SSSR count). The number of sulfonamides is 1. The monoisotopic (exact) mass is 361 g/mol. The summed E-state index contributed by atoms with van der Waals surface area (Å²) in [5.74, 6) is -2.44. The molecule has 1 aromatic carbocycles. The fourth-order valence-corrected chi connectivity index (χ4v) is 3.21. The van der Waals surface area contributed by atoms with Crippen LogP contribution in [0, 0.1) is 11.6 Å². The first-order valence-electron chi connectivity index (χ1n) is 7.12. The number of carbonyl (C=O) groups is 2. The smallest absolute Gasteiger partial charge is 0.243 e. The summed E-state index contributed by atoms with van der Waals surface area (Å²) in [6.45, 7) is 0.628. The second kappa shape index (κ2) is 7.12. The lowest BCUT2D eigenvalue weighted by Crippen LogP contribution is -2.51. The van der Waals surface area contributed by atoms with Gasteiger partial charge in [0.05, 0.1) is 11.9 Å². The van der Waals surface area contributed by atoms with Crippen LogP contribution in [0.1, 0.15) is 0 Å². The van der Waals surface area contributed by atoms with Crippen LogP contribution in [-0.2, 0) is 19.6 Å². The molecule has 1 aliphatic rings. The first-order valence-corrected chi connectivity index (χ1v) is 8.97. The highest BCUT2D eigenvalue weighted by atomic mass is 32.2. The summed E-state index contributed by atoms with van der Waals surface area (Å²) in [6, 6.07) is 2.45. The molecular formula is C14H17F2N3O4S. The molecule has 0 atom stereocenters. The van der Waals surface area contributed by atoms with Gasteiger partial charge in [0.1, 0.15) is 18.2 Å². The van der Waals surface area contributed by atoms with E-state index in [1.807, 2.05) is 0 Å². The van der Waals surface area contributed by atoms with Gasteiger partial charge in [-0.25, -0.2) is 17.2 Å². The zero-order chi connectivity index (χ0) is 17.9. The number of anilines is 1. The third-order valence-electron chi connectivity index (χ3n) is 3.67. The van der Waals surface area contributed by atoms with Crippen LogP contribution in [0.25, 0.3) is 0 Å². The fraction of sp³-hybridized carbons (Fsp3) is 0.429. The third-order valence-corrected chi connectivity index (χ3v) is 4.80. The molecule has 0 aliphatic carbocycles. The average Bonchev–Trinajstić information content (AvgIpc) is 2.52. The molecule has 7 nitrogen and oxygen atoms in total. The lowest BCUT2D eigenvalue weighted by Gasteiger charge is -2.34. The molecule has 0 N–H and O–H groups in total. The second-order valence-corrected chi connectivity index (χ2v) is 7.29. The molecule has 0 bridgehead atoms. The van der Waals surface area contributed by atoms with Crippen molar-refractivity contribution in [1.82, 2.24) is 9.80 Å². The first kappa shape index (κ1) is 18.1. The highest BCUT2D eigenvalue weighted by Crippen LogP contribution is 2.22. The summed E-state index contributed by atoms with van der Waals surface area (Å²) in [6.07, 6.45) is 1.52. The summed E-state index contributed by atoms with van der Waals surface area (Å²) < 4.78 is 51.4. The van der Waals surface area contributed by atoms with Crippen molar-refractivity contribution in [2.45, 2.75) is 0 Å². The minimum atomic E-state index is -3.95. The molecule has 10 heteroatoms. The number of carbonyl (C=O) groups excluding carboxylic acids is 2. The molecule has 132 valence electrons. The number of amides is 2. The van der Waals surface area contributed by atoms with Crippen molar-refractivity contribution in [1.29, 1.82) is 0 Å². The molecule has 1 fully saturated rings. The zero-order valence-electron chi connectivity index (χ0n) is 13.0. The van der Waals surface area contributed by atoms with Crippen LogP contribution in [0.15, 0.2) is 18.2 Å². The van der Waals surface area contributed by atoms with Crippen molar-refractivity contribution in [3.05, 3.63) is 29.8 Å². The second-order valence-electron chi connectivity index (χ2n) is 5.39. The minimum absolute atomic E-state index is 0.265. The Hall–Kier alpha value is -2.23. The summed E-state index contributed by atoms with van der Waals surface area (Å²) in [5, 5.41) is 0. The highest BCUT2D eigenvalue weighted by molar-refractivity contribution is 7.92. The normalized spacial score (nSPS) is 15.3. The summed E-state index contributed by atoms with van der Waals surface area (Å²) in [5.41, 5.74) is -0.390. The highest BCUT2D eigenvalue weighted by Gasteiger charge is 2.27. The summed E-state index contributed by atoms with van der Waals surface area (Å²) >= 11 is 0. The van der Waals surface area contributed by atoms with Gasteiger partial charge in [0, 0.05) is 32.2 Å². The van der Waals surface area contributed by atoms with Gasteiger partial charge in [-0.1, -0.05) is 0 Å². The van der Waals surface area contributed by atoms with E-state index < -0.39 is 39.8 Å². The SMILES string of the molecule is CS(=O)(=O)N(CC(=O)N1CCN(C=O)CC1)c1ccc(F)cc1F. The minimum Gasteiger partial charge on any atom is -0.342 e. The van der Waals surface area contributed by atoms with E-state index in [1.165, 1.54) is 9.80 Å². The zero-order valence-corrected chi connectivity index (χ0v) is 13.8. The van der Waals surface area contributed by atoms with Crippen molar-refractivity contribution in [2.24, 2.45) is 0 Å². The first-order chi connectivity index (χ1) is 11.2. The maximum Gasteiger partial charge on any atom is 0.243 e. The Morgan fingerprint density at radius 3 is 2.38 bits per heavy atom. The van der Waals surface area contributed by atoms with E-state index in [1.54, 1.807) is 0 Å². The molecule has 0 spiro atoms. The van der Waals surface area contributed by atoms with Gasteiger partial charge in [0.25, 0.3) is 0 Å². The van der Waals surface area contributed by atoms with Gasteiger partial charge in [-0.3, -0.25) is 13.9 Å². The molecule has 2 amide bonds. The molecule has 0 radical (unpaired) electrons. The van der Waals surface area contributed by atoms with Crippen molar-refractivity contribution in [3.63, 3.8) is 0 Å². The third kappa shape index (κ3) is 4.19. The van der Waals surface area contributed by atoms with Crippen molar-refractivity contribution >= 4 is 28.0 Å². The van der Waals surface area contributed by atoms with Crippen molar-refractivity contribution in [2.75, 3.05) is 43.3 Å². The van der Waals surface area contributed by atoms with Crippen LogP contribution in [0.5, 0.6) is 0 Å². The van der Waals surface area contributed by atoms with E-state index in [0.717, 1.165) is 18.4 Å². The number of rotatable bonds is 5. The van der Waals surface area contributed by atoms with Gasteiger partial charge >= 0.3 is 0 Å². The summed E-state index contributed by atoms with van der Waals surface area (Å²) in [7, 11) is -3.95. The average molecular weight is 361 g/mol. The Balaban J connectivity index is 2.18. The molecule has 1 aliphatic heterocycles. The van der Waals surface area contributed by atoms with Gasteiger partial charge in [-0.15, -0.1) is 0 Å². The van der Waals surface area contributed by atoms with Crippen LogP contribution < -0.4 is 4.31 Å². The fourth-order valence-electron chi connectivity index (χ4n) is 2.36. The summed E-state index contributed by atoms with van der Waals surface area (Å²) in [4.78, 5) is 25.9. The van der Waals surface area contributed by atoms with Crippen LogP contribution in [0.4, 0.5) is 14.5 Å². The van der Waals surface area contributed by atoms with Crippen molar-refractivity contribution in [3.8, 4) is 0 Å². The Kier molecular flexibility index (Phi) is 5.37. The van der Waals surface area contributed by atoms with E-state index in [0.29, 0.717) is 29.9 Å². The predicted molar refractivity (Wildman–Crippen MR) is 82.8 cm³/mol. The Bertz CT molecular complexity index is 734. The molecule has 1 saturated heterocycles. The number of piperazine rings is 1. The molecule has 24 heavy (non-hydrogen) atoms. The van der Waals surface area contributed by atoms with E-state index in [2.05, 4.69) is 0 Å². The Labute approximate surface area is 138 Å². The molecule has 0 aromatic heterocycles. The van der Waals surface area contributed by atoms with Gasteiger partial charge in [-0.2, -0.15) is 0 Å². The maximum atomic E-state index is 13.9. The number of nitrogens with zero attached hydrogens (tertiary/aromatic N) is 3.